The zero-order valence-electron chi connectivity index (χ0n) is 13.3. The van der Waals surface area contributed by atoms with Gasteiger partial charge >= 0.3 is 11.7 Å². The zero-order valence-corrected chi connectivity index (χ0v) is 13.3. The summed E-state index contributed by atoms with van der Waals surface area (Å²) in [5, 5.41) is 0. The molecule has 1 rings (SSSR count). The Hall–Kier alpha value is -2.11. The number of hydrogen-bond donors (Lipinski definition) is 1. The van der Waals surface area contributed by atoms with Crippen molar-refractivity contribution in [3.05, 3.63) is 38.7 Å². The summed E-state index contributed by atoms with van der Waals surface area (Å²) in [6.07, 6.45) is 10.7. The van der Waals surface area contributed by atoms with Gasteiger partial charge in [0.25, 0.3) is 5.56 Å². The number of methoxy groups -OCH3 is 1. The Labute approximate surface area is 129 Å². The molecule has 0 spiro atoms. The zero-order chi connectivity index (χ0) is 16.4. The molecular weight excluding hydrogens is 284 g/mol. The molecule has 0 aliphatic rings. The highest BCUT2D eigenvalue weighted by atomic mass is 16.5. The van der Waals surface area contributed by atoms with Crippen molar-refractivity contribution in [1.29, 1.82) is 0 Å². The molecule has 22 heavy (non-hydrogen) atoms. The van der Waals surface area contributed by atoms with Crippen molar-refractivity contribution < 1.29 is 9.53 Å². The number of aromatic amines is 1. The first-order valence-electron chi connectivity index (χ1n) is 7.68. The van der Waals surface area contributed by atoms with Crippen LogP contribution < -0.4 is 11.2 Å². The molecule has 122 valence electrons. The summed E-state index contributed by atoms with van der Waals surface area (Å²) in [6, 6.07) is 0. The van der Waals surface area contributed by atoms with Crippen LogP contribution in [-0.4, -0.2) is 22.6 Å². The summed E-state index contributed by atoms with van der Waals surface area (Å²) in [4.78, 5) is 36.7. The van der Waals surface area contributed by atoms with Crippen LogP contribution in [0.2, 0.25) is 0 Å². The summed E-state index contributed by atoms with van der Waals surface area (Å²) in [7, 11) is 1.26. The lowest BCUT2D eigenvalue weighted by Gasteiger charge is -2.06. The van der Waals surface area contributed by atoms with Gasteiger partial charge in [-0.1, -0.05) is 39.0 Å². The van der Waals surface area contributed by atoms with E-state index in [1.807, 2.05) is 0 Å². The van der Waals surface area contributed by atoms with E-state index < -0.39 is 17.2 Å². The number of H-pyrrole nitrogens is 1. The SMILES string of the molecule is CCCCCCCCn1cc(/C=C/C(=O)OC)c(=O)[nH]c1=O. The largest absolute Gasteiger partial charge is 0.466 e. The van der Waals surface area contributed by atoms with E-state index in [1.54, 1.807) is 0 Å². The summed E-state index contributed by atoms with van der Waals surface area (Å²) in [5.41, 5.74) is -0.672. The van der Waals surface area contributed by atoms with Gasteiger partial charge in [0.05, 0.1) is 12.7 Å². The number of carbonyl (C=O) groups is 1. The highest BCUT2D eigenvalue weighted by Gasteiger charge is 2.03. The minimum absolute atomic E-state index is 0.260. The van der Waals surface area contributed by atoms with Gasteiger partial charge in [0, 0.05) is 18.8 Å². The maximum atomic E-state index is 11.7. The smallest absolute Gasteiger partial charge is 0.330 e. The number of rotatable bonds is 9. The fraction of sp³-hybridized carbons (Fsp3) is 0.562. The van der Waals surface area contributed by atoms with Crippen molar-refractivity contribution in [3.63, 3.8) is 0 Å². The third-order valence-electron chi connectivity index (χ3n) is 3.39. The van der Waals surface area contributed by atoms with Gasteiger partial charge in [-0.3, -0.25) is 14.3 Å². The van der Waals surface area contributed by atoms with Gasteiger partial charge in [0.2, 0.25) is 0 Å². The number of esters is 1. The second kappa shape index (κ2) is 9.76. The van der Waals surface area contributed by atoms with Crippen LogP contribution in [0.3, 0.4) is 0 Å². The van der Waals surface area contributed by atoms with Crippen LogP contribution in [0.5, 0.6) is 0 Å². The van der Waals surface area contributed by atoms with Crippen LogP contribution in [0, 0.1) is 0 Å². The first-order valence-corrected chi connectivity index (χ1v) is 7.68. The van der Waals surface area contributed by atoms with E-state index in [0.717, 1.165) is 25.3 Å². The summed E-state index contributed by atoms with van der Waals surface area (Å²) in [5.74, 6) is -0.548. The second-order valence-electron chi connectivity index (χ2n) is 5.16. The Bertz CT molecular complexity index is 613. The van der Waals surface area contributed by atoms with Gasteiger partial charge in [-0.25, -0.2) is 9.59 Å². The monoisotopic (exact) mass is 308 g/mol. The molecule has 0 amide bonds. The van der Waals surface area contributed by atoms with Crippen LogP contribution >= 0.6 is 0 Å². The quantitative estimate of drug-likeness (QED) is 0.430. The number of nitrogens with zero attached hydrogens (tertiary/aromatic N) is 1. The van der Waals surface area contributed by atoms with Gasteiger partial charge < -0.3 is 4.74 Å². The average molecular weight is 308 g/mol. The molecule has 1 aromatic heterocycles. The number of ether oxygens (including phenoxy) is 1. The highest BCUT2D eigenvalue weighted by Crippen LogP contribution is 2.05. The third-order valence-corrected chi connectivity index (χ3v) is 3.39. The van der Waals surface area contributed by atoms with Gasteiger partial charge in [-0.05, 0) is 12.5 Å². The van der Waals surface area contributed by atoms with E-state index in [4.69, 9.17) is 0 Å². The molecule has 1 N–H and O–H groups in total. The topological polar surface area (TPSA) is 81.2 Å². The molecule has 0 aliphatic carbocycles. The molecule has 0 aromatic carbocycles. The Balaban J connectivity index is 2.67. The fourth-order valence-electron chi connectivity index (χ4n) is 2.10. The first-order chi connectivity index (χ1) is 10.6. The van der Waals surface area contributed by atoms with E-state index in [-0.39, 0.29) is 5.56 Å². The maximum Gasteiger partial charge on any atom is 0.330 e. The summed E-state index contributed by atoms with van der Waals surface area (Å²) >= 11 is 0. The Morgan fingerprint density at radius 1 is 1.23 bits per heavy atom. The molecule has 1 aromatic rings. The normalized spacial score (nSPS) is 11.0. The van der Waals surface area contributed by atoms with Crippen molar-refractivity contribution in [2.24, 2.45) is 0 Å². The maximum absolute atomic E-state index is 11.7. The fourth-order valence-corrected chi connectivity index (χ4v) is 2.10. The van der Waals surface area contributed by atoms with Crippen LogP contribution in [0.15, 0.2) is 21.9 Å². The number of unbranched alkanes of at least 4 members (excludes halogenated alkanes) is 5. The molecule has 0 aliphatic heterocycles. The number of nitrogens with one attached hydrogen (secondary N) is 1. The molecule has 0 unspecified atom stereocenters. The molecule has 0 saturated heterocycles. The van der Waals surface area contributed by atoms with E-state index in [1.165, 1.54) is 43.2 Å². The van der Waals surface area contributed by atoms with Gasteiger partial charge in [-0.2, -0.15) is 0 Å². The second-order valence-corrected chi connectivity index (χ2v) is 5.16. The van der Waals surface area contributed by atoms with Gasteiger partial charge in [0.15, 0.2) is 0 Å². The van der Waals surface area contributed by atoms with E-state index >= 15 is 0 Å². The van der Waals surface area contributed by atoms with Crippen LogP contribution in [0.4, 0.5) is 0 Å². The predicted octanol–water partition coefficient (Wildman–Crippen LogP) is 2.08. The standard InChI is InChI=1S/C16H24N2O4/c1-3-4-5-6-7-8-11-18-12-13(9-10-14(19)22-2)15(20)17-16(18)21/h9-10,12H,3-8,11H2,1-2H3,(H,17,20,21)/b10-9+. The minimum atomic E-state index is -0.548. The number of carbonyl (C=O) groups excluding carboxylic acids is 1. The lowest BCUT2D eigenvalue weighted by molar-refractivity contribution is -0.134. The Morgan fingerprint density at radius 3 is 2.59 bits per heavy atom. The van der Waals surface area contributed by atoms with Crippen LogP contribution in [0.25, 0.3) is 6.08 Å². The lowest BCUT2D eigenvalue weighted by atomic mass is 10.1. The predicted molar refractivity (Wildman–Crippen MR) is 85.7 cm³/mol. The molecule has 1 heterocycles. The molecule has 6 heteroatoms. The molecule has 0 saturated carbocycles. The summed E-state index contributed by atoms with van der Waals surface area (Å²) in [6.45, 7) is 2.73. The third kappa shape index (κ3) is 6.11. The van der Waals surface area contributed by atoms with Crippen molar-refractivity contribution in [1.82, 2.24) is 9.55 Å². The van der Waals surface area contributed by atoms with Crippen molar-refractivity contribution in [3.8, 4) is 0 Å². The Morgan fingerprint density at radius 2 is 1.91 bits per heavy atom. The van der Waals surface area contributed by atoms with Crippen LogP contribution in [-0.2, 0) is 16.1 Å². The van der Waals surface area contributed by atoms with E-state index in [9.17, 15) is 14.4 Å². The summed E-state index contributed by atoms with van der Waals surface area (Å²) < 4.78 is 5.94. The van der Waals surface area contributed by atoms with Gasteiger partial charge in [-0.15, -0.1) is 0 Å². The Kier molecular flexibility index (Phi) is 7.96. The van der Waals surface area contributed by atoms with Crippen molar-refractivity contribution in [2.45, 2.75) is 52.0 Å². The van der Waals surface area contributed by atoms with Crippen molar-refractivity contribution in [2.75, 3.05) is 7.11 Å². The average Bonchev–Trinajstić information content (AvgIpc) is 2.51. The molecule has 0 fully saturated rings. The molecule has 0 radical (unpaired) electrons. The molecule has 6 nitrogen and oxygen atoms in total. The minimum Gasteiger partial charge on any atom is -0.466 e. The highest BCUT2D eigenvalue weighted by molar-refractivity contribution is 5.86. The van der Waals surface area contributed by atoms with Gasteiger partial charge in [0.1, 0.15) is 0 Å². The van der Waals surface area contributed by atoms with E-state index in [2.05, 4.69) is 16.6 Å². The number of hydrogen-bond acceptors (Lipinski definition) is 4. The number of aromatic nitrogens is 2. The molecule has 0 atom stereocenters. The van der Waals surface area contributed by atoms with Crippen molar-refractivity contribution >= 4 is 12.0 Å². The lowest BCUT2D eigenvalue weighted by Crippen LogP contribution is -2.30. The number of aryl methyl sites for hydroxylation is 1. The van der Waals surface area contributed by atoms with Crippen LogP contribution in [0.1, 0.15) is 51.0 Å². The molecular formula is C16H24N2O4. The molecule has 0 bridgehead atoms. The van der Waals surface area contributed by atoms with E-state index in [0.29, 0.717) is 6.54 Å². The first kappa shape index (κ1) is 17.9.